The van der Waals surface area contributed by atoms with Gasteiger partial charge in [-0.1, -0.05) is 26.2 Å². The van der Waals surface area contributed by atoms with Crippen molar-refractivity contribution in [3.8, 4) is 0 Å². The Hall–Kier alpha value is -0.410. The molecule has 1 unspecified atom stereocenters. The second-order valence-electron chi connectivity index (χ2n) is 4.51. The zero-order valence-electron chi connectivity index (χ0n) is 9.92. The molecule has 0 aliphatic heterocycles. The average molecular weight is 227 g/mol. The van der Waals surface area contributed by atoms with Crippen molar-refractivity contribution in [3.05, 3.63) is 16.1 Å². The third-order valence-electron chi connectivity index (χ3n) is 2.52. The molecule has 0 aromatic carbocycles. The summed E-state index contributed by atoms with van der Waals surface area (Å²) in [6, 6.07) is 0. The molecule has 2 nitrogen and oxygen atoms in total. The van der Waals surface area contributed by atoms with Crippen molar-refractivity contribution < 1.29 is 5.11 Å². The van der Waals surface area contributed by atoms with E-state index in [1.54, 1.807) is 11.3 Å². The molecule has 0 amide bonds. The first-order valence-corrected chi connectivity index (χ1v) is 6.55. The average Bonchev–Trinajstić information content (AvgIpc) is 2.50. The van der Waals surface area contributed by atoms with Gasteiger partial charge in [-0.2, -0.15) is 0 Å². The number of nitrogens with zero attached hydrogens (tertiary/aromatic N) is 1. The lowest BCUT2D eigenvalue weighted by atomic mass is 9.95. The van der Waals surface area contributed by atoms with E-state index in [1.807, 2.05) is 19.2 Å². The molecule has 0 radical (unpaired) electrons. The van der Waals surface area contributed by atoms with Crippen LogP contribution in [0.1, 0.15) is 50.2 Å². The largest absolute Gasteiger partial charge is 0.390 e. The molecule has 1 rings (SSSR count). The van der Waals surface area contributed by atoms with Crippen LogP contribution in [0.4, 0.5) is 0 Å². The Balaban J connectivity index is 2.41. The van der Waals surface area contributed by atoms with Crippen molar-refractivity contribution in [2.45, 2.75) is 58.5 Å². The van der Waals surface area contributed by atoms with Crippen LogP contribution < -0.4 is 0 Å². The molecule has 0 bridgehead atoms. The van der Waals surface area contributed by atoms with Crippen molar-refractivity contribution in [1.29, 1.82) is 0 Å². The fourth-order valence-electron chi connectivity index (χ4n) is 1.65. The molecule has 1 aromatic heterocycles. The van der Waals surface area contributed by atoms with E-state index in [2.05, 4.69) is 11.9 Å². The highest BCUT2D eigenvalue weighted by molar-refractivity contribution is 7.09. The second kappa shape index (κ2) is 5.61. The first kappa shape index (κ1) is 12.7. The second-order valence-corrected chi connectivity index (χ2v) is 5.46. The maximum atomic E-state index is 10.2. The van der Waals surface area contributed by atoms with Gasteiger partial charge < -0.3 is 5.11 Å². The highest BCUT2D eigenvalue weighted by Crippen LogP contribution is 2.22. The standard InChI is InChI=1S/C12H21NOS/c1-4-5-6-7-12(3,14)8-11-13-10(2)9-15-11/h9,14H,4-8H2,1-3H3. The third kappa shape index (κ3) is 4.76. The zero-order chi connectivity index (χ0) is 11.3. The lowest BCUT2D eigenvalue weighted by Crippen LogP contribution is -2.26. The van der Waals surface area contributed by atoms with Gasteiger partial charge in [-0.15, -0.1) is 11.3 Å². The molecule has 0 spiro atoms. The van der Waals surface area contributed by atoms with E-state index in [0.29, 0.717) is 6.42 Å². The summed E-state index contributed by atoms with van der Waals surface area (Å²) in [4.78, 5) is 4.38. The number of hydrogen-bond acceptors (Lipinski definition) is 3. The van der Waals surface area contributed by atoms with E-state index in [0.717, 1.165) is 23.5 Å². The van der Waals surface area contributed by atoms with Gasteiger partial charge in [0, 0.05) is 17.5 Å². The number of hydrogen-bond donors (Lipinski definition) is 1. The Morgan fingerprint density at radius 3 is 2.73 bits per heavy atom. The minimum atomic E-state index is -0.584. The molecule has 1 atom stereocenters. The topological polar surface area (TPSA) is 33.1 Å². The Morgan fingerprint density at radius 2 is 2.20 bits per heavy atom. The van der Waals surface area contributed by atoms with Gasteiger partial charge in [0.15, 0.2) is 0 Å². The fourth-order valence-corrected chi connectivity index (χ4v) is 2.60. The molecule has 0 aliphatic rings. The number of aliphatic hydroxyl groups is 1. The van der Waals surface area contributed by atoms with E-state index in [9.17, 15) is 5.11 Å². The summed E-state index contributed by atoms with van der Waals surface area (Å²) in [5.74, 6) is 0. The molecular weight excluding hydrogens is 206 g/mol. The highest BCUT2D eigenvalue weighted by Gasteiger charge is 2.21. The van der Waals surface area contributed by atoms with Crippen LogP contribution in [-0.4, -0.2) is 15.7 Å². The quantitative estimate of drug-likeness (QED) is 0.756. The third-order valence-corrected chi connectivity index (χ3v) is 3.48. The maximum absolute atomic E-state index is 10.2. The Bertz CT molecular complexity index is 294. The molecular formula is C12H21NOS. The Morgan fingerprint density at radius 1 is 1.47 bits per heavy atom. The molecule has 1 aromatic rings. The summed E-state index contributed by atoms with van der Waals surface area (Å²) in [6.07, 6.45) is 5.07. The summed E-state index contributed by atoms with van der Waals surface area (Å²) in [5, 5.41) is 13.3. The Labute approximate surface area is 96.4 Å². The van der Waals surface area contributed by atoms with Crippen molar-refractivity contribution in [2.24, 2.45) is 0 Å². The van der Waals surface area contributed by atoms with Gasteiger partial charge in [-0.05, 0) is 20.3 Å². The van der Waals surface area contributed by atoms with Crippen LogP contribution in [0.5, 0.6) is 0 Å². The van der Waals surface area contributed by atoms with Crippen LogP contribution >= 0.6 is 11.3 Å². The molecule has 3 heteroatoms. The summed E-state index contributed by atoms with van der Waals surface area (Å²) >= 11 is 1.64. The summed E-state index contributed by atoms with van der Waals surface area (Å²) in [5.41, 5.74) is 0.471. The van der Waals surface area contributed by atoms with Crippen LogP contribution in [-0.2, 0) is 6.42 Å². The first-order chi connectivity index (χ1) is 7.03. The Kier molecular flexibility index (Phi) is 4.74. The van der Waals surface area contributed by atoms with Gasteiger partial charge in [0.05, 0.1) is 10.6 Å². The first-order valence-electron chi connectivity index (χ1n) is 5.67. The molecule has 0 fully saturated rings. The molecule has 1 heterocycles. The lowest BCUT2D eigenvalue weighted by molar-refractivity contribution is 0.0485. The van der Waals surface area contributed by atoms with Gasteiger partial charge in [0.2, 0.25) is 0 Å². The minimum absolute atomic E-state index is 0.584. The summed E-state index contributed by atoms with van der Waals surface area (Å²) in [7, 11) is 0. The van der Waals surface area contributed by atoms with Crippen LogP contribution in [0.25, 0.3) is 0 Å². The van der Waals surface area contributed by atoms with Gasteiger partial charge in [0.25, 0.3) is 0 Å². The van der Waals surface area contributed by atoms with Crippen LogP contribution in [0.15, 0.2) is 5.38 Å². The molecule has 1 N–H and O–H groups in total. The van der Waals surface area contributed by atoms with Crippen molar-refractivity contribution >= 4 is 11.3 Å². The number of rotatable bonds is 6. The van der Waals surface area contributed by atoms with Crippen LogP contribution in [0.3, 0.4) is 0 Å². The SMILES string of the molecule is CCCCCC(C)(O)Cc1nc(C)cs1. The molecule has 15 heavy (non-hydrogen) atoms. The summed E-state index contributed by atoms with van der Waals surface area (Å²) in [6.45, 7) is 6.09. The van der Waals surface area contributed by atoms with Gasteiger partial charge >= 0.3 is 0 Å². The summed E-state index contributed by atoms with van der Waals surface area (Å²) < 4.78 is 0. The van der Waals surface area contributed by atoms with Crippen molar-refractivity contribution in [3.63, 3.8) is 0 Å². The van der Waals surface area contributed by atoms with E-state index < -0.39 is 5.60 Å². The van der Waals surface area contributed by atoms with Gasteiger partial charge in [0.1, 0.15) is 0 Å². The number of aryl methyl sites for hydroxylation is 1. The van der Waals surface area contributed by atoms with E-state index >= 15 is 0 Å². The predicted molar refractivity (Wildman–Crippen MR) is 65.3 cm³/mol. The molecule has 0 saturated heterocycles. The van der Waals surface area contributed by atoms with Crippen LogP contribution in [0.2, 0.25) is 0 Å². The maximum Gasteiger partial charge on any atom is 0.0956 e. The normalized spacial score (nSPS) is 15.2. The smallest absolute Gasteiger partial charge is 0.0956 e. The lowest BCUT2D eigenvalue weighted by Gasteiger charge is -2.21. The van der Waals surface area contributed by atoms with E-state index in [-0.39, 0.29) is 0 Å². The number of aromatic nitrogens is 1. The van der Waals surface area contributed by atoms with Crippen molar-refractivity contribution in [1.82, 2.24) is 4.98 Å². The monoisotopic (exact) mass is 227 g/mol. The predicted octanol–water partition coefficient (Wildman–Crippen LogP) is 3.33. The number of thiazole rings is 1. The van der Waals surface area contributed by atoms with Gasteiger partial charge in [-0.3, -0.25) is 0 Å². The van der Waals surface area contributed by atoms with E-state index in [1.165, 1.54) is 12.8 Å². The number of unbranched alkanes of at least 4 members (excludes halogenated alkanes) is 2. The van der Waals surface area contributed by atoms with Gasteiger partial charge in [-0.25, -0.2) is 4.98 Å². The van der Waals surface area contributed by atoms with E-state index in [4.69, 9.17) is 0 Å². The highest BCUT2D eigenvalue weighted by atomic mass is 32.1. The van der Waals surface area contributed by atoms with Crippen molar-refractivity contribution in [2.75, 3.05) is 0 Å². The zero-order valence-corrected chi connectivity index (χ0v) is 10.7. The minimum Gasteiger partial charge on any atom is -0.390 e. The van der Waals surface area contributed by atoms with Crippen LogP contribution in [0, 0.1) is 6.92 Å². The molecule has 86 valence electrons. The molecule has 0 aliphatic carbocycles. The fraction of sp³-hybridized carbons (Fsp3) is 0.750. The molecule has 0 saturated carbocycles.